The smallest absolute Gasteiger partial charge is 0.254 e. The Morgan fingerprint density at radius 1 is 1.26 bits per heavy atom. The van der Waals surface area contributed by atoms with Gasteiger partial charge in [0.1, 0.15) is 12.1 Å². The fraction of sp³-hybridized carbons (Fsp3) is 0.643. The van der Waals surface area contributed by atoms with Gasteiger partial charge in [0.2, 0.25) is 0 Å². The number of aryl methyl sites for hydroxylation is 1. The number of anilines is 1. The van der Waals surface area contributed by atoms with Crippen molar-refractivity contribution in [2.45, 2.75) is 46.0 Å². The highest BCUT2D eigenvalue weighted by atomic mass is 15.4. The van der Waals surface area contributed by atoms with Crippen molar-refractivity contribution in [3.63, 3.8) is 0 Å². The molecule has 2 aromatic heterocycles. The Morgan fingerprint density at radius 3 is 2.84 bits per heavy atom. The molecule has 0 saturated heterocycles. The quantitative estimate of drug-likeness (QED) is 0.920. The third-order valence-electron chi connectivity index (χ3n) is 4.19. The van der Waals surface area contributed by atoms with Gasteiger partial charge in [0.05, 0.1) is 0 Å². The highest BCUT2D eigenvalue weighted by Crippen LogP contribution is 2.25. The van der Waals surface area contributed by atoms with Crippen molar-refractivity contribution in [2.75, 3.05) is 11.9 Å². The van der Waals surface area contributed by atoms with E-state index in [-0.39, 0.29) is 0 Å². The van der Waals surface area contributed by atoms with Crippen LogP contribution in [0.15, 0.2) is 6.33 Å². The summed E-state index contributed by atoms with van der Waals surface area (Å²) in [6.45, 7) is 5.14. The molecule has 0 radical (unpaired) electrons. The van der Waals surface area contributed by atoms with Crippen molar-refractivity contribution >= 4 is 11.6 Å². The number of nitrogens with zero attached hydrogens (tertiary/aromatic N) is 4. The summed E-state index contributed by atoms with van der Waals surface area (Å²) < 4.78 is 1.81. The van der Waals surface area contributed by atoms with Gasteiger partial charge in [0, 0.05) is 17.8 Å². The monoisotopic (exact) mass is 259 g/mol. The van der Waals surface area contributed by atoms with Crippen LogP contribution >= 0.6 is 0 Å². The summed E-state index contributed by atoms with van der Waals surface area (Å²) in [7, 11) is 0. The Labute approximate surface area is 113 Å². The summed E-state index contributed by atoms with van der Waals surface area (Å²) in [5, 5.41) is 7.84. The van der Waals surface area contributed by atoms with Crippen molar-refractivity contribution in [1.29, 1.82) is 0 Å². The minimum atomic E-state index is 0.675. The standard InChI is InChI=1S/C14H21N5/c1-10-11(2)18-14-16-9-17-19(14)13(10)15-8-12-6-4-3-5-7-12/h9,12,15H,3-8H2,1-2H3. The minimum Gasteiger partial charge on any atom is -0.369 e. The second kappa shape index (κ2) is 5.15. The third kappa shape index (κ3) is 2.41. The molecule has 2 aromatic rings. The summed E-state index contributed by atoms with van der Waals surface area (Å²) >= 11 is 0. The van der Waals surface area contributed by atoms with Crippen LogP contribution in [-0.4, -0.2) is 26.1 Å². The average molecular weight is 259 g/mol. The van der Waals surface area contributed by atoms with Gasteiger partial charge in [-0.15, -0.1) is 0 Å². The molecule has 0 atom stereocenters. The van der Waals surface area contributed by atoms with Crippen LogP contribution in [0.4, 0.5) is 5.82 Å². The van der Waals surface area contributed by atoms with Crippen molar-refractivity contribution in [3.8, 4) is 0 Å². The third-order valence-corrected chi connectivity index (χ3v) is 4.19. The molecule has 102 valence electrons. The van der Waals surface area contributed by atoms with E-state index >= 15 is 0 Å². The molecule has 0 bridgehead atoms. The molecule has 2 heterocycles. The summed E-state index contributed by atoms with van der Waals surface area (Å²) in [5.74, 6) is 2.51. The molecular weight excluding hydrogens is 238 g/mol. The number of hydrogen-bond donors (Lipinski definition) is 1. The van der Waals surface area contributed by atoms with E-state index in [1.165, 1.54) is 32.1 Å². The lowest BCUT2D eigenvalue weighted by molar-refractivity contribution is 0.373. The first-order valence-corrected chi connectivity index (χ1v) is 7.16. The largest absolute Gasteiger partial charge is 0.369 e. The van der Waals surface area contributed by atoms with Crippen LogP contribution in [0.2, 0.25) is 0 Å². The molecule has 1 fully saturated rings. The molecule has 0 unspecified atom stereocenters. The molecule has 5 nitrogen and oxygen atoms in total. The Balaban J connectivity index is 1.82. The molecule has 1 N–H and O–H groups in total. The van der Waals surface area contributed by atoms with Crippen LogP contribution in [0.3, 0.4) is 0 Å². The zero-order valence-corrected chi connectivity index (χ0v) is 11.7. The second-order valence-electron chi connectivity index (χ2n) is 5.53. The zero-order valence-electron chi connectivity index (χ0n) is 11.7. The van der Waals surface area contributed by atoms with Crippen LogP contribution in [-0.2, 0) is 0 Å². The topological polar surface area (TPSA) is 55.1 Å². The van der Waals surface area contributed by atoms with E-state index < -0.39 is 0 Å². The number of rotatable bonds is 3. The number of fused-ring (bicyclic) bond motifs is 1. The van der Waals surface area contributed by atoms with Crippen LogP contribution in [0.25, 0.3) is 5.78 Å². The van der Waals surface area contributed by atoms with E-state index in [9.17, 15) is 0 Å². The first kappa shape index (κ1) is 12.4. The van der Waals surface area contributed by atoms with Crippen molar-refractivity contribution < 1.29 is 0 Å². The molecule has 5 heteroatoms. The Kier molecular flexibility index (Phi) is 3.36. The van der Waals surface area contributed by atoms with Gasteiger partial charge in [-0.2, -0.15) is 14.6 Å². The maximum atomic E-state index is 4.44. The summed E-state index contributed by atoms with van der Waals surface area (Å²) in [6.07, 6.45) is 8.40. The summed E-state index contributed by atoms with van der Waals surface area (Å²) in [6, 6.07) is 0. The van der Waals surface area contributed by atoms with Gasteiger partial charge in [-0.25, -0.2) is 4.98 Å². The predicted octanol–water partition coefficient (Wildman–Crippen LogP) is 2.73. The fourth-order valence-corrected chi connectivity index (χ4v) is 2.87. The van der Waals surface area contributed by atoms with E-state index in [1.807, 2.05) is 11.4 Å². The van der Waals surface area contributed by atoms with Crippen LogP contribution in [0, 0.1) is 19.8 Å². The lowest BCUT2D eigenvalue weighted by atomic mass is 9.89. The number of aromatic nitrogens is 4. The lowest BCUT2D eigenvalue weighted by Gasteiger charge is -2.23. The normalized spacial score (nSPS) is 16.9. The van der Waals surface area contributed by atoms with Gasteiger partial charge in [-0.3, -0.25) is 0 Å². The molecule has 0 spiro atoms. The molecule has 3 rings (SSSR count). The Morgan fingerprint density at radius 2 is 2.05 bits per heavy atom. The van der Waals surface area contributed by atoms with E-state index in [0.29, 0.717) is 5.78 Å². The summed E-state index contributed by atoms with van der Waals surface area (Å²) in [5.41, 5.74) is 2.18. The van der Waals surface area contributed by atoms with Crippen LogP contribution in [0.5, 0.6) is 0 Å². The predicted molar refractivity (Wildman–Crippen MR) is 75.3 cm³/mol. The highest BCUT2D eigenvalue weighted by Gasteiger charge is 2.15. The maximum absolute atomic E-state index is 4.44. The number of nitrogens with one attached hydrogen (secondary N) is 1. The fourth-order valence-electron chi connectivity index (χ4n) is 2.87. The van der Waals surface area contributed by atoms with Crippen LogP contribution < -0.4 is 5.32 Å². The lowest BCUT2D eigenvalue weighted by Crippen LogP contribution is -2.19. The molecule has 0 aliphatic heterocycles. The molecular formula is C14H21N5. The van der Waals surface area contributed by atoms with Gasteiger partial charge < -0.3 is 5.32 Å². The maximum Gasteiger partial charge on any atom is 0.254 e. The molecule has 1 saturated carbocycles. The van der Waals surface area contributed by atoms with Gasteiger partial charge >= 0.3 is 0 Å². The van der Waals surface area contributed by atoms with E-state index in [1.54, 1.807) is 6.33 Å². The van der Waals surface area contributed by atoms with Crippen molar-refractivity contribution in [2.24, 2.45) is 5.92 Å². The average Bonchev–Trinajstić information content (AvgIpc) is 2.88. The highest BCUT2D eigenvalue weighted by molar-refractivity contribution is 5.51. The van der Waals surface area contributed by atoms with Gasteiger partial charge in [0.25, 0.3) is 5.78 Å². The molecule has 0 aromatic carbocycles. The van der Waals surface area contributed by atoms with Crippen LogP contribution in [0.1, 0.15) is 43.4 Å². The molecule has 1 aliphatic carbocycles. The second-order valence-corrected chi connectivity index (χ2v) is 5.53. The van der Waals surface area contributed by atoms with E-state index in [2.05, 4.69) is 27.3 Å². The van der Waals surface area contributed by atoms with Crippen molar-refractivity contribution in [3.05, 3.63) is 17.6 Å². The first-order valence-electron chi connectivity index (χ1n) is 7.16. The molecule has 1 aliphatic rings. The van der Waals surface area contributed by atoms with Gasteiger partial charge in [-0.05, 0) is 32.6 Å². The van der Waals surface area contributed by atoms with Gasteiger partial charge in [0.15, 0.2) is 0 Å². The Bertz CT molecular complexity index is 568. The minimum absolute atomic E-state index is 0.675. The molecule has 0 amide bonds. The van der Waals surface area contributed by atoms with E-state index in [4.69, 9.17) is 0 Å². The first-order chi connectivity index (χ1) is 9.25. The van der Waals surface area contributed by atoms with E-state index in [0.717, 1.165) is 29.5 Å². The Hall–Kier alpha value is -1.65. The SMILES string of the molecule is Cc1nc2ncnn2c(NCC2CCCCC2)c1C. The number of hydrogen-bond acceptors (Lipinski definition) is 4. The van der Waals surface area contributed by atoms with Crippen molar-refractivity contribution in [1.82, 2.24) is 19.6 Å². The van der Waals surface area contributed by atoms with Gasteiger partial charge in [-0.1, -0.05) is 19.3 Å². The summed E-state index contributed by atoms with van der Waals surface area (Å²) in [4.78, 5) is 8.62. The zero-order chi connectivity index (χ0) is 13.2. The molecule has 19 heavy (non-hydrogen) atoms.